The molecule has 3 aromatic carbocycles. The van der Waals surface area contributed by atoms with E-state index >= 15 is 0 Å². The lowest BCUT2D eigenvalue weighted by Crippen LogP contribution is -2.47. The summed E-state index contributed by atoms with van der Waals surface area (Å²) >= 11 is 0. The van der Waals surface area contributed by atoms with Gasteiger partial charge in [0.2, 0.25) is 11.8 Å². The predicted molar refractivity (Wildman–Crippen MR) is 146 cm³/mol. The van der Waals surface area contributed by atoms with Crippen LogP contribution in [0, 0.1) is 0 Å². The van der Waals surface area contributed by atoms with Crippen molar-refractivity contribution in [3.8, 4) is 5.69 Å². The van der Waals surface area contributed by atoms with E-state index in [-0.39, 0.29) is 34.1 Å². The number of imide groups is 1. The first-order chi connectivity index (χ1) is 19.1. The van der Waals surface area contributed by atoms with E-state index < -0.39 is 39.4 Å². The molecule has 0 fully saturated rings. The number of allylic oxidation sites excluding steroid dienone is 1. The summed E-state index contributed by atoms with van der Waals surface area (Å²) in [6.07, 6.45) is -1.39. The Morgan fingerprint density at radius 3 is 2.00 bits per heavy atom. The largest absolute Gasteiger partial charge is 0.354 e. The van der Waals surface area contributed by atoms with Crippen LogP contribution < -0.4 is 15.7 Å². The summed E-state index contributed by atoms with van der Waals surface area (Å²) < 4.78 is 32.6. The Balaban J connectivity index is 1.74. The molecule has 202 valence electrons. The average Bonchev–Trinajstić information content (AvgIpc) is 3.41. The minimum Gasteiger partial charge on any atom is -0.274 e. The summed E-state index contributed by atoms with van der Waals surface area (Å²) in [4.78, 5) is 54.2. The molecular formula is C28H23N5O6S. The zero-order valence-corrected chi connectivity index (χ0v) is 22.3. The number of hydrogen-bond donors (Lipinski definition) is 0. The zero-order chi connectivity index (χ0) is 28.3. The highest BCUT2D eigenvalue weighted by Crippen LogP contribution is 2.51. The van der Waals surface area contributed by atoms with Gasteiger partial charge >= 0.3 is 11.4 Å². The van der Waals surface area contributed by atoms with Gasteiger partial charge in [0, 0.05) is 25.0 Å². The molecule has 0 saturated heterocycles. The van der Waals surface area contributed by atoms with Crippen LogP contribution >= 0.6 is 0 Å². The molecule has 0 saturated carbocycles. The van der Waals surface area contributed by atoms with Gasteiger partial charge in [-0.2, -0.15) is 0 Å². The molecule has 2 aliphatic heterocycles. The topological polar surface area (TPSA) is 124 Å². The number of benzene rings is 3. The molecule has 0 unspecified atom stereocenters. The normalized spacial score (nSPS) is 15.8. The lowest BCUT2D eigenvalue weighted by atomic mass is 10.0. The molecule has 0 aliphatic carbocycles. The minimum absolute atomic E-state index is 0.0300. The van der Waals surface area contributed by atoms with Crippen LogP contribution in [0.1, 0.15) is 25.6 Å². The summed E-state index contributed by atoms with van der Waals surface area (Å²) in [7, 11) is -4.31. The molecule has 11 nitrogen and oxygen atoms in total. The van der Waals surface area contributed by atoms with Crippen molar-refractivity contribution in [1.29, 1.82) is 0 Å². The molecule has 4 aromatic rings. The summed E-state index contributed by atoms with van der Waals surface area (Å²) in [5.74, 6) is -1.22. The fourth-order valence-electron chi connectivity index (χ4n) is 5.47. The molecule has 40 heavy (non-hydrogen) atoms. The number of amides is 2. The van der Waals surface area contributed by atoms with Crippen molar-refractivity contribution < 1.29 is 18.0 Å². The molecule has 6 rings (SSSR count). The molecule has 0 radical (unpaired) electrons. The first kappa shape index (κ1) is 25.3. The van der Waals surface area contributed by atoms with Gasteiger partial charge in [-0.15, -0.1) is 0 Å². The number of rotatable bonds is 4. The van der Waals surface area contributed by atoms with Crippen molar-refractivity contribution in [3.05, 3.63) is 117 Å². The van der Waals surface area contributed by atoms with Crippen molar-refractivity contribution in [2.45, 2.75) is 31.5 Å². The fraction of sp³-hybridized carbons (Fsp3) is 0.143. The van der Waals surface area contributed by atoms with E-state index in [0.29, 0.717) is 5.56 Å². The van der Waals surface area contributed by atoms with Gasteiger partial charge in [-0.3, -0.25) is 14.5 Å². The molecule has 12 heteroatoms. The zero-order valence-electron chi connectivity index (χ0n) is 21.5. The molecule has 2 amide bonds. The maximum absolute atomic E-state index is 14.2. The van der Waals surface area contributed by atoms with Gasteiger partial charge in [0.25, 0.3) is 10.0 Å². The van der Waals surface area contributed by atoms with Crippen molar-refractivity contribution >= 4 is 33.1 Å². The van der Waals surface area contributed by atoms with Crippen molar-refractivity contribution in [2.75, 3.05) is 4.31 Å². The van der Waals surface area contributed by atoms with Gasteiger partial charge in [0.1, 0.15) is 0 Å². The highest BCUT2D eigenvalue weighted by atomic mass is 32.2. The van der Waals surface area contributed by atoms with E-state index in [9.17, 15) is 27.6 Å². The summed E-state index contributed by atoms with van der Waals surface area (Å²) in [6, 6.07) is 22.6. The quantitative estimate of drug-likeness (QED) is 0.380. The molecule has 1 aromatic heterocycles. The van der Waals surface area contributed by atoms with Crippen molar-refractivity contribution in [3.63, 3.8) is 0 Å². The lowest BCUT2D eigenvalue weighted by Gasteiger charge is -2.34. The van der Waals surface area contributed by atoms with E-state index in [2.05, 4.69) is 0 Å². The monoisotopic (exact) mass is 557 g/mol. The molecule has 0 spiro atoms. The van der Waals surface area contributed by atoms with Crippen molar-refractivity contribution in [2.24, 2.45) is 0 Å². The second-order valence-corrected chi connectivity index (χ2v) is 11.2. The van der Waals surface area contributed by atoms with Crippen LogP contribution in [0.5, 0.6) is 0 Å². The van der Waals surface area contributed by atoms with Crippen LogP contribution in [0.25, 0.3) is 11.3 Å². The van der Waals surface area contributed by atoms with E-state index in [1.165, 1.54) is 26.0 Å². The van der Waals surface area contributed by atoms with Crippen LogP contribution in [0.3, 0.4) is 0 Å². The Bertz CT molecular complexity index is 1940. The Morgan fingerprint density at radius 2 is 1.38 bits per heavy atom. The maximum atomic E-state index is 14.2. The fourth-order valence-corrected chi connectivity index (χ4v) is 7.07. The standard InChI is InChI=1S/C28H23N5O6S/c1-18(34)30(19(2)35)24-17-29-27(36)31(20-11-5-3-6-12-20)28(37)32(29)26-25(24)22-15-9-10-16-23(22)33(26)40(38,39)21-13-7-4-8-14-21/h3-16,26H,17H2,1-2H3/t26-/m1/s1. The SMILES string of the molecule is CC(=O)N(C(C)=O)C1=C2c3ccccc3N(S(=O)(=O)c3ccccc3)[C@H]2n2c(=O)n(-c3ccccc3)c(=O)n2C1. The number of sulfonamides is 1. The van der Waals surface area contributed by atoms with Gasteiger partial charge in [-0.25, -0.2) is 36.2 Å². The summed E-state index contributed by atoms with van der Waals surface area (Å²) in [6.45, 7) is 2.11. The maximum Gasteiger partial charge on any atom is 0.354 e. The third-order valence-electron chi connectivity index (χ3n) is 7.03. The summed E-state index contributed by atoms with van der Waals surface area (Å²) in [5.41, 5.74) is -0.158. The highest BCUT2D eigenvalue weighted by Gasteiger charge is 2.49. The first-order valence-electron chi connectivity index (χ1n) is 12.4. The van der Waals surface area contributed by atoms with E-state index in [0.717, 1.165) is 23.1 Å². The number of aromatic nitrogens is 3. The Labute approximate surface area is 228 Å². The molecule has 0 bridgehead atoms. The number of anilines is 1. The minimum atomic E-state index is -4.31. The van der Waals surface area contributed by atoms with Crippen molar-refractivity contribution in [1.82, 2.24) is 18.8 Å². The third kappa shape index (κ3) is 3.53. The second-order valence-electron chi connectivity index (χ2n) is 9.38. The number of fused-ring (bicyclic) bond motifs is 5. The first-order valence-corrected chi connectivity index (χ1v) is 13.8. The van der Waals surface area contributed by atoms with Gasteiger partial charge in [-0.05, 0) is 30.3 Å². The molecule has 2 aliphatic rings. The van der Waals surface area contributed by atoms with Crippen LogP contribution in [0.4, 0.5) is 5.69 Å². The van der Waals surface area contributed by atoms with Crippen LogP contribution in [0.15, 0.2) is 105 Å². The number of nitrogens with zero attached hydrogens (tertiary/aromatic N) is 5. The van der Waals surface area contributed by atoms with E-state index in [1.54, 1.807) is 72.8 Å². The number of carbonyl (C=O) groups is 2. The lowest BCUT2D eigenvalue weighted by molar-refractivity contribution is -0.139. The van der Waals surface area contributed by atoms with E-state index in [4.69, 9.17) is 0 Å². The highest BCUT2D eigenvalue weighted by molar-refractivity contribution is 7.92. The Hall–Kier alpha value is -4.97. The van der Waals surface area contributed by atoms with Crippen LogP contribution in [-0.2, 0) is 26.2 Å². The smallest absolute Gasteiger partial charge is 0.274 e. The average molecular weight is 558 g/mol. The summed E-state index contributed by atoms with van der Waals surface area (Å²) in [5, 5.41) is 0. The van der Waals surface area contributed by atoms with Gasteiger partial charge < -0.3 is 0 Å². The van der Waals surface area contributed by atoms with Gasteiger partial charge in [0.15, 0.2) is 6.17 Å². The third-order valence-corrected chi connectivity index (χ3v) is 8.81. The van der Waals surface area contributed by atoms with Gasteiger partial charge in [0.05, 0.1) is 28.5 Å². The number of para-hydroxylation sites is 2. The number of hydrogen-bond acceptors (Lipinski definition) is 6. The van der Waals surface area contributed by atoms with Gasteiger partial charge in [-0.1, -0.05) is 54.6 Å². The molecule has 3 heterocycles. The number of carbonyl (C=O) groups excluding carboxylic acids is 2. The van der Waals surface area contributed by atoms with Crippen LogP contribution in [-0.4, -0.2) is 39.1 Å². The Morgan fingerprint density at radius 1 is 0.800 bits per heavy atom. The predicted octanol–water partition coefficient (Wildman–Crippen LogP) is 2.33. The van der Waals surface area contributed by atoms with Crippen LogP contribution in [0.2, 0.25) is 0 Å². The Kier molecular flexibility index (Phi) is 5.73. The van der Waals surface area contributed by atoms with E-state index in [1.807, 2.05) is 0 Å². The molecular weight excluding hydrogens is 534 g/mol. The molecule has 0 N–H and O–H groups in total. The second kappa shape index (κ2) is 9.06. The molecule has 1 atom stereocenters.